The van der Waals surface area contributed by atoms with Gasteiger partial charge in [-0.2, -0.15) is 0 Å². The maximum absolute atomic E-state index is 12.2. The molecule has 8 heteroatoms. The highest BCUT2D eigenvalue weighted by molar-refractivity contribution is 9.10. The van der Waals surface area contributed by atoms with Crippen molar-refractivity contribution in [2.24, 2.45) is 5.92 Å². The van der Waals surface area contributed by atoms with E-state index in [1.165, 1.54) is 24.3 Å². The van der Waals surface area contributed by atoms with Gasteiger partial charge in [-0.15, -0.1) is 0 Å². The normalized spacial score (nSPS) is 22.1. The zero-order valence-corrected chi connectivity index (χ0v) is 13.2. The zero-order valence-electron chi connectivity index (χ0n) is 10.1. The molecule has 2 rings (SSSR count). The van der Waals surface area contributed by atoms with Gasteiger partial charge in [0.05, 0.1) is 15.8 Å². The SMILES string of the molecule is O=C(O)C1C=CC(NS(=O)(=O)c2ccc(Cl)c(Br)c2)C1. The van der Waals surface area contributed by atoms with Gasteiger partial charge in [0.2, 0.25) is 10.0 Å². The average molecular weight is 381 g/mol. The highest BCUT2D eigenvalue weighted by Gasteiger charge is 2.28. The molecule has 0 fully saturated rings. The third-order valence-corrected chi connectivity index (χ3v) is 5.61. The van der Waals surface area contributed by atoms with Crippen LogP contribution in [0.15, 0.2) is 39.7 Å². The van der Waals surface area contributed by atoms with Crippen LogP contribution in [-0.4, -0.2) is 25.5 Å². The second-order valence-electron chi connectivity index (χ2n) is 4.37. The molecule has 0 saturated heterocycles. The van der Waals surface area contributed by atoms with Gasteiger partial charge in [0.15, 0.2) is 0 Å². The van der Waals surface area contributed by atoms with Gasteiger partial charge in [0.25, 0.3) is 0 Å². The number of sulfonamides is 1. The Bertz CT molecular complexity index is 674. The predicted molar refractivity (Wildman–Crippen MR) is 78.1 cm³/mol. The molecule has 2 unspecified atom stereocenters. The third kappa shape index (κ3) is 3.41. The van der Waals surface area contributed by atoms with Crippen LogP contribution in [0.5, 0.6) is 0 Å². The van der Waals surface area contributed by atoms with Crippen molar-refractivity contribution in [1.29, 1.82) is 0 Å². The van der Waals surface area contributed by atoms with Crippen molar-refractivity contribution in [3.63, 3.8) is 0 Å². The van der Waals surface area contributed by atoms with Crippen LogP contribution in [-0.2, 0) is 14.8 Å². The van der Waals surface area contributed by atoms with Crippen molar-refractivity contribution < 1.29 is 18.3 Å². The summed E-state index contributed by atoms with van der Waals surface area (Å²) < 4.78 is 27.3. The van der Waals surface area contributed by atoms with Gasteiger partial charge >= 0.3 is 5.97 Å². The van der Waals surface area contributed by atoms with E-state index in [1.807, 2.05) is 0 Å². The lowest BCUT2D eigenvalue weighted by atomic mass is 10.1. The molecule has 1 aliphatic carbocycles. The fourth-order valence-electron chi connectivity index (χ4n) is 1.88. The molecular formula is C12H11BrClNO4S. The molecule has 20 heavy (non-hydrogen) atoms. The monoisotopic (exact) mass is 379 g/mol. The molecular weight excluding hydrogens is 370 g/mol. The quantitative estimate of drug-likeness (QED) is 0.786. The van der Waals surface area contributed by atoms with Gasteiger partial charge in [-0.3, -0.25) is 4.79 Å². The maximum Gasteiger partial charge on any atom is 0.310 e. The summed E-state index contributed by atoms with van der Waals surface area (Å²) in [6.07, 6.45) is 3.26. The summed E-state index contributed by atoms with van der Waals surface area (Å²) in [7, 11) is -3.71. The Labute approximate surface area is 129 Å². The molecule has 0 spiro atoms. The second-order valence-corrected chi connectivity index (χ2v) is 7.34. The second kappa shape index (κ2) is 5.85. The van der Waals surface area contributed by atoms with Crippen molar-refractivity contribution >= 4 is 43.5 Å². The first-order chi connectivity index (χ1) is 9.29. The molecule has 2 atom stereocenters. The van der Waals surface area contributed by atoms with Crippen LogP contribution in [0.3, 0.4) is 0 Å². The van der Waals surface area contributed by atoms with E-state index in [9.17, 15) is 13.2 Å². The Hall–Kier alpha value is -0.890. The molecule has 0 heterocycles. The van der Waals surface area contributed by atoms with Gasteiger partial charge in [-0.1, -0.05) is 23.8 Å². The minimum absolute atomic E-state index is 0.0703. The Morgan fingerprint density at radius 3 is 2.65 bits per heavy atom. The molecule has 2 N–H and O–H groups in total. The van der Waals surface area contributed by atoms with Crippen molar-refractivity contribution in [1.82, 2.24) is 4.72 Å². The summed E-state index contributed by atoms with van der Waals surface area (Å²) in [6.45, 7) is 0. The fraction of sp³-hybridized carbons (Fsp3) is 0.250. The smallest absolute Gasteiger partial charge is 0.310 e. The van der Waals surface area contributed by atoms with Crippen LogP contribution in [0.25, 0.3) is 0 Å². The average Bonchev–Trinajstić information content (AvgIpc) is 2.80. The molecule has 5 nitrogen and oxygen atoms in total. The minimum Gasteiger partial charge on any atom is -0.481 e. The van der Waals surface area contributed by atoms with Gasteiger partial charge in [-0.25, -0.2) is 13.1 Å². The zero-order chi connectivity index (χ0) is 14.9. The molecule has 0 aromatic heterocycles. The van der Waals surface area contributed by atoms with E-state index in [0.717, 1.165) is 0 Å². The van der Waals surface area contributed by atoms with E-state index in [1.54, 1.807) is 6.08 Å². The van der Waals surface area contributed by atoms with Gasteiger partial charge in [0, 0.05) is 10.5 Å². The van der Waals surface area contributed by atoms with E-state index in [4.69, 9.17) is 16.7 Å². The number of aliphatic carboxylic acids is 1. The van der Waals surface area contributed by atoms with Crippen molar-refractivity contribution in [3.8, 4) is 0 Å². The molecule has 0 amide bonds. The molecule has 1 aromatic rings. The summed E-state index contributed by atoms with van der Waals surface area (Å²) in [5.74, 6) is -1.61. The molecule has 0 radical (unpaired) electrons. The minimum atomic E-state index is -3.71. The third-order valence-electron chi connectivity index (χ3n) is 2.91. The lowest BCUT2D eigenvalue weighted by Crippen LogP contribution is -2.33. The van der Waals surface area contributed by atoms with Crippen molar-refractivity contribution in [3.05, 3.63) is 39.8 Å². The number of halogens is 2. The lowest BCUT2D eigenvalue weighted by molar-refractivity contribution is -0.140. The molecule has 108 valence electrons. The lowest BCUT2D eigenvalue weighted by Gasteiger charge is -2.13. The Morgan fingerprint density at radius 1 is 1.40 bits per heavy atom. The van der Waals surface area contributed by atoms with Crippen LogP contribution in [0.4, 0.5) is 0 Å². The number of benzene rings is 1. The van der Waals surface area contributed by atoms with Gasteiger partial charge < -0.3 is 5.11 Å². The van der Waals surface area contributed by atoms with E-state index in [0.29, 0.717) is 9.50 Å². The number of hydrogen-bond acceptors (Lipinski definition) is 3. The summed E-state index contributed by atoms with van der Waals surface area (Å²) in [4.78, 5) is 10.9. The molecule has 0 bridgehead atoms. The summed E-state index contributed by atoms with van der Waals surface area (Å²) >= 11 is 8.98. The van der Waals surface area contributed by atoms with Gasteiger partial charge in [-0.05, 0) is 40.5 Å². The Balaban J connectivity index is 2.14. The van der Waals surface area contributed by atoms with Crippen LogP contribution >= 0.6 is 27.5 Å². The maximum atomic E-state index is 12.2. The van der Waals surface area contributed by atoms with Crippen molar-refractivity contribution in [2.45, 2.75) is 17.4 Å². The highest BCUT2D eigenvalue weighted by atomic mass is 79.9. The predicted octanol–water partition coefficient (Wildman–Crippen LogP) is 2.41. The topological polar surface area (TPSA) is 83.5 Å². The first-order valence-corrected chi connectivity index (χ1v) is 8.33. The first-order valence-electron chi connectivity index (χ1n) is 5.68. The van der Waals surface area contributed by atoms with Crippen LogP contribution in [0.1, 0.15) is 6.42 Å². The number of rotatable bonds is 4. The summed E-state index contributed by atoms with van der Waals surface area (Å²) in [6, 6.07) is 3.75. The number of hydrogen-bond donors (Lipinski definition) is 2. The van der Waals surface area contributed by atoms with Crippen molar-refractivity contribution in [2.75, 3.05) is 0 Å². The first kappa shape index (κ1) is 15.5. The van der Waals surface area contributed by atoms with Crippen LogP contribution in [0.2, 0.25) is 5.02 Å². The van der Waals surface area contributed by atoms with Crippen LogP contribution < -0.4 is 4.72 Å². The summed E-state index contributed by atoms with van der Waals surface area (Å²) in [5, 5.41) is 9.28. The van der Waals surface area contributed by atoms with E-state index in [2.05, 4.69) is 20.7 Å². The number of carboxylic acids is 1. The molecule has 1 aliphatic rings. The Kier molecular flexibility index (Phi) is 4.53. The number of carboxylic acid groups (broad SMARTS) is 1. The van der Waals surface area contributed by atoms with E-state index < -0.39 is 28.0 Å². The summed E-state index contributed by atoms with van der Waals surface area (Å²) in [5.41, 5.74) is 0. The van der Waals surface area contributed by atoms with E-state index >= 15 is 0 Å². The molecule has 0 saturated carbocycles. The van der Waals surface area contributed by atoms with E-state index in [-0.39, 0.29) is 11.3 Å². The molecule has 0 aliphatic heterocycles. The fourth-order valence-corrected chi connectivity index (χ4v) is 3.76. The van der Waals surface area contributed by atoms with Crippen LogP contribution in [0, 0.1) is 5.92 Å². The Morgan fingerprint density at radius 2 is 2.10 bits per heavy atom. The largest absolute Gasteiger partial charge is 0.481 e. The standard InChI is InChI=1S/C12H11BrClNO4S/c13-10-6-9(3-4-11(10)14)20(18,19)15-8-2-1-7(5-8)12(16)17/h1-4,6-8,15H,5H2,(H,16,17). The van der Waals surface area contributed by atoms with Gasteiger partial charge in [0.1, 0.15) is 0 Å². The molecule has 1 aromatic carbocycles. The highest BCUT2D eigenvalue weighted by Crippen LogP contribution is 2.26. The number of carbonyl (C=O) groups is 1. The number of nitrogens with one attached hydrogen (secondary N) is 1.